The molecule has 0 saturated carbocycles. The summed E-state index contributed by atoms with van der Waals surface area (Å²) in [6, 6.07) is 10.4. The highest BCUT2D eigenvalue weighted by Crippen LogP contribution is 2.29. The van der Waals surface area contributed by atoms with Gasteiger partial charge in [0.2, 0.25) is 0 Å². The number of benzene rings is 1. The third kappa shape index (κ3) is 3.60. The second kappa shape index (κ2) is 7.00. The standard InChI is InChI=1S/C16H20N2O2S/c1-19-16-5-3-2-4-14(16)15-10-13(20-18-15)11-17-12-6-8-21-9-7-12/h2-5,10,12,17H,6-9,11H2,1H3. The highest BCUT2D eigenvalue weighted by Gasteiger charge is 2.15. The van der Waals surface area contributed by atoms with Crippen LogP contribution in [0, 0.1) is 0 Å². The summed E-state index contributed by atoms with van der Waals surface area (Å²) in [5, 5.41) is 7.71. The molecule has 21 heavy (non-hydrogen) atoms. The van der Waals surface area contributed by atoms with Crippen molar-refractivity contribution in [2.45, 2.75) is 25.4 Å². The molecule has 1 fully saturated rings. The lowest BCUT2D eigenvalue weighted by molar-refractivity contribution is 0.359. The van der Waals surface area contributed by atoms with Crippen LogP contribution in [-0.4, -0.2) is 29.8 Å². The average Bonchev–Trinajstić information content (AvgIpc) is 3.02. The highest BCUT2D eigenvalue weighted by molar-refractivity contribution is 7.99. The van der Waals surface area contributed by atoms with Crippen molar-refractivity contribution in [2.75, 3.05) is 18.6 Å². The predicted octanol–water partition coefficient (Wildman–Crippen LogP) is 3.34. The van der Waals surface area contributed by atoms with E-state index in [1.165, 1.54) is 24.3 Å². The second-order valence-corrected chi connectivity index (χ2v) is 6.37. The van der Waals surface area contributed by atoms with Crippen LogP contribution >= 0.6 is 11.8 Å². The maximum absolute atomic E-state index is 5.44. The zero-order valence-corrected chi connectivity index (χ0v) is 13.0. The predicted molar refractivity (Wildman–Crippen MR) is 85.7 cm³/mol. The van der Waals surface area contributed by atoms with Crippen molar-refractivity contribution < 1.29 is 9.26 Å². The molecule has 3 rings (SSSR count). The first-order valence-corrected chi connectivity index (χ1v) is 8.42. The number of nitrogens with one attached hydrogen (secondary N) is 1. The van der Waals surface area contributed by atoms with E-state index in [-0.39, 0.29) is 0 Å². The minimum absolute atomic E-state index is 0.603. The van der Waals surface area contributed by atoms with E-state index in [9.17, 15) is 0 Å². The van der Waals surface area contributed by atoms with Crippen LogP contribution in [0.1, 0.15) is 18.6 Å². The lowest BCUT2D eigenvalue weighted by atomic mass is 10.1. The molecule has 0 amide bonds. The van der Waals surface area contributed by atoms with E-state index in [0.717, 1.165) is 29.3 Å². The molecule has 0 spiro atoms. The van der Waals surface area contributed by atoms with Crippen LogP contribution in [0.5, 0.6) is 5.75 Å². The zero-order valence-electron chi connectivity index (χ0n) is 12.2. The largest absolute Gasteiger partial charge is 0.496 e. The molecule has 2 heterocycles. The summed E-state index contributed by atoms with van der Waals surface area (Å²) < 4.78 is 10.8. The molecule has 0 atom stereocenters. The maximum atomic E-state index is 5.44. The highest BCUT2D eigenvalue weighted by atomic mass is 32.2. The number of aromatic nitrogens is 1. The van der Waals surface area contributed by atoms with E-state index in [1.54, 1.807) is 7.11 Å². The number of hydrogen-bond acceptors (Lipinski definition) is 5. The van der Waals surface area contributed by atoms with Gasteiger partial charge in [0.1, 0.15) is 11.4 Å². The molecular weight excluding hydrogens is 284 g/mol. The summed E-state index contributed by atoms with van der Waals surface area (Å²) >= 11 is 2.04. The van der Waals surface area contributed by atoms with Gasteiger partial charge in [0, 0.05) is 17.7 Å². The van der Waals surface area contributed by atoms with E-state index in [0.29, 0.717) is 6.04 Å². The monoisotopic (exact) mass is 304 g/mol. The normalized spacial score (nSPS) is 16.0. The Morgan fingerprint density at radius 2 is 2.14 bits per heavy atom. The van der Waals surface area contributed by atoms with Crippen LogP contribution in [0.4, 0.5) is 0 Å². The molecule has 0 bridgehead atoms. The van der Waals surface area contributed by atoms with Gasteiger partial charge in [-0.25, -0.2) is 0 Å². The molecule has 0 aliphatic carbocycles. The molecule has 5 heteroatoms. The molecule has 0 unspecified atom stereocenters. The molecular formula is C16H20N2O2S. The minimum atomic E-state index is 0.603. The molecule has 0 radical (unpaired) electrons. The molecule has 1 saturated heterocycles. The van der Waals surface area contributed by atoms with Crippen LogP contribution in [-0.2, 0) is 6.54 Å². The quantitative estimate of drug-likeness (QED) is 0.918. The molecule has 1 aliphatic heterocycles. The Balaban J connectivity index is 1.65. The van der Waals surface area contributed by atoms with Gasteiger partial charge in [0.15, 0.2) is 5.76 Å². The van der Waals surface area contributed by atoms with Gasteiger partial charge in [0.05, 0.1) is 13.7 Å². The van der Waals surface area contributed by atoms with Gasteiger partial charge < -0.3 is 14.6 Å². The van der Waals surface area contributed by atoms with Gasteiger partial charge in [-0.05, 0) is 36.5 Å². The molecule has 2 aromatic rings. The average molecular weight is 304 g/mol. The number of nitrogens with zero attached hydrogens (tertiary/aromatic N) is 1. The van der Waals surface area contributed by atoms with Crippen molar-refractivity contribution in [1.29, 1.82) is 0 Å². The van der Waals surface area contributed by atoms with Crippen LogP contribution in [0.25, 0.3) is 11.3 Å². The fraction of sp³-hybridized carbons (Fsp3) is 0.438. The van der Waals surface area contributed by atoms with Crippen LogP contribution in [0.15, 0.2) is 34.9 Å². The van der Waals surface area contributed by atoms with E-state index in [1.807, 2.05) is 42.1 Å². The molecule has 1 aromatic heterocycles. The zero-order chi connectivity index (χ0) is 14.5. The topological polar surface area (TPSA) is 47.3 Å². The summed E-state index contributed by atoms with van der Waals surface area (Å²) in [6.07, 6.45) is 2.47. The summed E-state index contributed by atoms with van der Waals surface area (Å²) in [6.45, 7) is 0.734. The number of ether oxygens (including phenoxy) is 1. The Kier molecular flexibility index (Phi) is 4.83. The summed E-state index contributed by atoms with van der Waals surface area (Å²) in [4.78, 5) is 0. The summed E-state index contributed by atoms with van der Waals surface area (Å²) in [5.41, 5.74) is 1.78. The van der Waals surface area contributed by atoms with Gasteiger partial charge in [-0.1, -0.05) is 17.3 Å². The van der Waals surface area contributed by atoms with Crippen molar-refractivity contribution in [3.8, 4) is 17.0 Å². The third-order valence-corrected chi connectivity index (χ3v) is 4.78. The Bertz CT molecular complexity index is 579. The first kappa shape index (κ1) is 14.5. The number of methoxy groups -OCH3 is 1. The smallest absolute Gasteiger partial charge is 0.151 e. The van der Waals surface area contributed by atoms with Crippen molar-refractivity contribution in [1.82, 2.24) is 10.5 Å². The first-order valence-electron chi connectivity index (χ1n) is 7.27. The van der Waals surface area contributed by atoms with Gasteiger partial charge in [-0.3, -0.25) is 0 Å². The van der Waals surface area contributed by atoms with Crippen molar-refractivity contribution in [3.05, 3.63) is 36.1 Å². The maximum Gasteiger partial charge on any atom is 0.151 e. The molecule has 112 valence electrons. The Morgan fingerprint density at radius 3 is 2.95 bits per heavy atom. The first-order chi connectivity index (χ1) is 10.4. The molecule has 1 N–H and O–H groups in total. The van der Waals surface area contributed by atoms with E-state index < -0.39 is 0 Å². The molecule has 4 nitrogen and oxygen atoms in total. The number of thioether (sulfide) groups is 1. The minimum Gasteiger partial charge on any atom is -0.496 e. The lowest BCUT2D eigenvalue weighted by Crippen LogP contribution is -2.31. The molecule has 1 aromatic carbocycles. The van der Waals surface area contributed by atoms with Crippen LogP contribution < -0.4 is 10.1 Å². The van der Waals surface area contributed by atoms with Crippen LogP contribution in [0.2, 0.25) is 0 Å². The van der Waals surface area contributed by atoms with E-state index in [2.05, 4.69) is 10.5 Å². The Hall–Kier alpha value is -1.46. The number of para-hydroxylation sites is 1. The van der Waals surface area contributed by atoms with Crippen LogP contribution in [0.3, 0.4) is 0 Å². The summed E-state index contributed by atoms with van der Waals surface area (Å²) in [7, 11) is 1.67. The van der Waals surface area contributed by atoms with Gasteiger partial charge in [-0.15, -0.1) is 0 Å². The SMILES string of the molecule is COc1ccccc1-c1cc(CNC2CCSCC2)on1. The lowest BCUT2D eigenvalue weighted by Gasteiger charge is -2.21. The Labute approximate surface area is 129 Å². The van der Waals surface area contributed by atoms with Gasteiger partial charge >= 0.3 is 0 Å². The molecule has 1 aliphatic rings. The fourth-order valence-electron chi connectivity index (χ4n) is 2.53. The van der Waals surface area contributed by atoms with Gasteiger partial charge in [0.25, 0.3) is 0 Å². The second-order valence-electron chi connectivity index (χ2n) is 5.15. The van der Waals surface area contributed by atoms with Crippen molar-refractivity contribution in [3.63, 3.8) is 0 Å². The van der Waals surface area contributed by atoms with Gasteiger partial charge in [-0.2, -0.15) is 11.8 Å². The Morgan fingerprint density at radius 1 is 1.33 bits per heavy atom. The van der Waals surface area contributed by atoms with E-state index in [4.69, 9.17) is 9.26 Å². The number of hydrogen-bond donors (Lipinski definition) is 1. The number of rotatable bonds is 5. The summed E-state index contributed by atoms with van der Waals surface area (Å²) in [5.74, 6) is 4.19. The fourth-order valence-corrected chi connectivity index (χ4v) is 3.63. The van der Waals surface area contributed by atoms with E-state index >= 15 is 0 Å². The third-order valence-electron chi connectivity index (χ3n) is 3.73. The van der Waals surface area contributed by atoms with Crippen molar-refractivity contribution in [2.24, 2.45) is 0 Å². The van der Waals surface area contributed by atoms with Crippen molar-refractivity contribution >= 4 is 11.8 Å².